The lowest BCUT2D eigenvalue weighted by Crippen LogP contribution is -2.18. The van der Waals surface area contributed by atoms with Gasteiger partial charge in [-0.2, -0.15) is 0 Å². The van der Waals surface area contributed by atoms with Crippen LogP contribution < -0.4 is 5.73 Å². The highest BCUT2D eigenvalue weighted by atomic mass is 35.5. The summed E-state index contributed by atoms with van der Waals surface area (Å²) < 4.78 is 1.61. The van der Waals surface area contributed by atoms with Crippen LogP contribution in [0.4, 0.5) is 0 Å². The Morgan fingerprint density at radius 3 is 3.00 bits per heavy atom. The molecule has 0 aliphatic heterocycles. The van der Waals surface area contributed by atoms with E-state index in [2.05, 4.69) is 15.1 Å². The van der Waals surface area contributed by atoms with E-state index >= 15 is 0 Å². The second kappa shape index (κ2) is 4.19. The van der Waals surface area contributed by atoms with Crippen molar-refractivity contribution >= 4 is 17.4 Å². The summed E-state index contributed by atoms with van der Waals surface area (Å²) in [6.45, 7) is 0. The molecule has 0 unspecified atom stereocenters. The lowest BCUT2D eigenvalue weighted by atomic mass is 10.4. The minimum atomic E-state index is -0.0853. The van der Waals surface area contributed by atoms with Crippen molar-refractivity contribution in [2.24, 2.45) is 10.9 Å². The second-order valence-corrected chi connectivity index (χ2v) is 3.34. The monoisotopic (exact) mass is 237 g/mol. The summed E-state index contributed by atoms with van der Waals surface area (Å²) in [4.78, 5) is 7.85. The number of nitrogens with two attached hydrogens (primary N) is 1. The van der Waals surface area contributed by atoms with Gasteiger partial charge in [0.25, 0.3) is 0 Å². The minimum absolute atomic E-state index is 0.0853. The van der Waals surface area contributed by atoms with Gasteiger partial charge in [-0.25, -0.2) is 4.98 Å². The molecular formula is C9H8ClN5O. The number of oxime groups is 1. The molecule has 2 rings (SSSR count). The second-order valence-electron chi connectivity index (χ2n) is 2.93. The van der Waals surface area contributed by atoms with Crippen LogP contribution >= 0.6 is 11.6 Å². The number of halogens is 1. The van der Waals surface area contributed by atoms with Crippen LogP contribution in [0.2, 0.25) is 5.02 Å². The van der Waals surface area contributed by atoms with E-state index in [0.29, 0.717) is 16.5 Å². The van der Waals surface area contributed by atoms with Gasteiger partial charge in [-0.05, 0) is 6.07 Å². The Hall–Kier alpha value is -2.08. The van der Waals surface area contributed by atoms with E-state index in [1.54, 1.807) is 23.0 Å². The van der Waals surface area contributed by atoms with Gasteiger partial charge in [0.05, 0.1) is 10.7 Å². The molecule has 82 valence electrons. The normalized spacial score (nSPS) is 11.7. The highest BCUT2D eigenvalue weighted by molar-refractivity contribution is 6.32. The third kappa shape index (κ3) is 1.70. The van der Waals surface area contributed by atoms with Crippen LogP contribution in [0.25, 0.3) is 5.69 Å². The molecule has 2 aromatic heterocycles. The molecule has 0 aromatic carbocycles. The predicted octanol–water partition coefficient (Wildman–Crippen LogP) is 1.02. The van der Waals surface area contributed by atoms with E-state index in [9.17, 15) is 0 Å². The lowest BCUT2D eigenvalue weighted by molar-refractivity contribution is 0.318. The molecule has 0 amide bonds. The standard InChI is InChI=1S/C9H8ClN5O/c10-6-5-12-2-1-7(6)15-4-3-13-9(15)8(11)14-16/h1-5,16H,(H2,11,14). The van der Waals surface area contributed by atoms with E-state index in [0.717, 1.165) is 0 Å². The van der Waals surface area contributed by atoms with E-state index in [4.69, 9.17) is 22.5 Å². The van der Waals surface area contributed by atoms with Gasteiger partial charge in [-0.15, -0.1) is 0 Å². The van der Waals surface area contributed by atoms with Crippen molar-refractivity contribution in [3.63, 3.8) is 0 Å². The fraction of sp³-hybridized carbons (Fsp3) is 0. The first kappa shape index (κ1) is 10.4. The molecular weight excluding hydrogens is 230 g/mol. The molecule has 7 heteroatoms. The topological polar surface area (TPSA) is 89.3 Å². The summed E-state index contributed by atoms with van der Waals surface area (Å²) in [5.41, 5.74) is 6.15. The summed E-state index contributed by atoms with van der Waals surface area (Å²) in [5, 5.41) is 12.0. The van der Waals surface area contributed by atoms with Gasteiger partial charge in [0, 0.05) is 24.8 Å². The number of imidazole rings is 1. The predicted molar refractivity (Wildman–Crippen MR) is 58.9 cm³/mol. The largest absolute Gasteiger partial charge is 0.409 e. The van der Waals surface area contributed by atoms with Crippen LogP contribution in [0.1, 0.15) is 5.82 Å². The Balaban J connectivity index is 2.58. The first-order chi connectivity index (χ1) is 7.74. The Morgan fingerprint density at radius 1 is 1.50 bits per heavy atom. The van der Waals surface area contributed by atoms with Crippen LogP contribution in [0.5, 0.6) is 0 Å². The van der Waals surface area contributed by atoms with Crippen LogP contribution in [0.15, 0.2) is 36.0 Å². The third-order valence-electron chi connectivity index (χ3n) is 1.99. The number of nitrogens with zero attached hydrogens (tertiary/aromatic N) is 4. The molecule has 2 heterocycles. The molecule has 6 nitrogen and oxygen atoms in total. The number of hydrogen-bond donors (Lipinski definition) is 2. The van der Waals surface area contributed by atoms with Gasteiger partial charge in [0.15, 0.2) is 5.82 Å². The average molecular weight is 238 g/mol. The van der Waals surface area contributed by atoms with Gasteiger partial charge in [-0.1, -0.05) is 16.8 Å². The summed E-state index contributed by atoms with van der Waals surface area (Å²) in [7, 11) is 0. The average Bonchev–Trinajstić information content (AvgIpc) is 2.77. The summed E-state index contributed by atoms with van der Waals surface area (Å²) in [6, 6.07) is 1.71. The smallest absolute Gasteiger partial charge is 0.206 e. The molecule has 0 saturated carbocycles. The third-order valence-corrected chi connectivity index (χ3v) is 2.28. The van der Waals surface area contributed by atoms with Gasteiger partial charge < -0.3 is 10.9 Å². The summed E-state index contributed by atoms with van der Waals surface area (Å²) in [5.74, 6) is 0.230. The highest BCUT2D eigenvalue weighted by Gasteiger charge is 2.11. The van der Waals surface area contributed by atoms with Crippen molar-refractivity contribution in [2.75, 3.05) is 0 Å². The number of rotatable bonds is 2. The minimum Gasteiger partial charge on any atom is -0.409 e. The molecule has 0 radical (unpaired) electrons. The molecule has 16 heavy (non-hydrogen) atoms. The lowest BCUT2D eigenvalue weighted by Gasteiger charge is -2.07. The Labute approximate surface area is 96.0 Å². The van der Waals surface area contributed by atoms with E-state index in [-0.39, 0.29) is 5.84 Å². The Kier molecular flexibility index (Phi) is 2.74. The van der Waals surface area contributed by atoms with Crippen molar-refractivity contribution in [2.45, 2.75) is 0 Å². The van der Waals surface area contributed by atoms with Crippen LogP contribution in [0, 0.1) is 0 Å². The molecule has 0 bridgehead atoms. The number of pyridine rings is 1. The SMILES string of the molecule is NC(=NO)c1nccn1-c1ccncc1Cl. The van der Waals surface area contributed by atoms with Gasteiger partial charge in [-0.3, -0.25) is 9.55 Å². The molecule has 0 fully saturated rings. The molecule has 0 saturated heterocycles. The quantitative estimate of drug-likeness (QED) is 0.353. The van der Waals surface area contributed by atoms with E-state index in [1.165, 1.54) is 12.4 Å². The number of aromatic nitrogens is 3. The first-order valence-corrected chi connectivity index (χ1v) is 4.73. The fourth-order valence-electron chi connectivity index (χ4n) is 1.30. The molecule has 0 aliphatic rings. The molecule has 2 aromatic rings. The zero-order chi connectivity index (χ0) is 11.5. The van der Waals surface area contributed by atoms with Crippen LogP contribution in [-0.2, 0) is 0 Å². The Bertz CT molecular complexity index is 536. The maximum Gasteiger partial charge on any atom is 0.206 e. The maximum absolute atomic E-state index is 8.61. The summed E-state index contributed by atoms with van der Waals surface area (Å²) >= 11 is 5.98. The van der Waals surface area contributed by atoms with Gasteiger partial charge in [0.2, 0.25) is 5.84 Å². The van der Waals surface area contributed by atoms with Crippen molar-refractivity contribution < 1.29 is 5.21 Å². The molecule has 0 aliphatic carbocycles. The van der Waals surface area contributed by atoms with Crippen molar-refractivity contribution in [3.05, 3.63) is 41.7 Å². The first-order valence-electron chi connectivity index (χ1n) is 4.35. The van der Waals surface area contributed by atoms with Crippen molar-refractivity contribution in [1.82, 2.24) is 14.5 Å². The zero-order valence-corrected chi connectivity index (χ0v) is 8.83. The van der Waals surface area contributed by atoms with Crippen LogP contribution in [0.3, 0.4) is 0 Å². The van der Waals surface area contributed by atoms with E-state index in [1.807, 2.05) is 0 Å². The highest BCUT2D eigenvalue weighted by Crippen LogP contribution is 2.19. The van der Waals surface area contributed by atoms with Crippen molar-refractivity contribution in [1.29, 1.82) is 0 Å². The molecule has 0 spiro atoms. The van der Waals surface area contributed by atoms with E-state index < -0.39 is 0 Å². The maximum atomic E-state index is 8.61. The van der Waals surface area contributed by atoms with Crippen LogP contribution in [-0.4, -0.2) is 25.6 Å². The summed E-state index contributed by atoms with van der Waals surface area (Å²) in [6.07, 6.45) is 6.29. The Morgan fingerprint density at radius 2 is 2.31 bits per heavy atom. The fourth-order valence-corrected chi connectivity index (χ4v) is 1.51. The number of amidine groups is 1. The molecule has 0 atom stereocenters. The van der Waals surface area contributed by atoms with Gasteiger partial charge >= 0.3 is 0 Å². The number of hydrogen-bond acceptors (Lipinski definition) is 4. The molecule has 3 N–H and O–H groups in total. The zero-order valence-electron chi connectivity index (χ0n) is 8.08. The van der Waals surface area contributed by atoms with Gasteiger partial charge in [0.1, 0.15) is 0 Å². The van der Waals surface area contributed by atoms with Crippen molar-refractivity contribution in [3.8, 4) is 5.69 Å².